The zero-order valence-electron chi connectivity index (χ0n) is 8.69. The molecular weight excluding hydrogens is 186 g/mol. The number of fused-ring (bicyclic) bond motifs is 1. The third-order valence-electron chi connectivity index (χ3n) is 3.21. The van der Waals surface area contributed by atoms with E-state index in [0.717, 1.165) is 13.1 Å². The molecule has 0 amide bonds. The normalized spacial score (nSPS) is 18.4. The number of nitrogens with one attached hydrogen (secondary N) is 1. The number of aromatic nitrogens is 2. The topological polar surface area (TPSA) is 29.3 Å². The molecule has 1 fully saturated rings. The van der Waals surface area contributed by atoms with E-state index >= 15 is 0 Å². The maximum Gasteiger partial charge on any atom is 0.0675 e. The van der Waals surface area contributed by atoms with Gasteiger partial charge in [0.25, 0.3) is 0 Å². The molecule has 15 heavy (non-hydrogen) atoms. The summed E-state index contributed by atoms with van der Waals surface area (Å²) in [5, 5.41) is 3.39. The summed E-state index contributed by atoms with van der Waals surface area (Å²) in [6.45, 7) is 2.24. The van der Waals surface area contributed by atoms with Crippen LogP contribution in [0.2, 0.25) is 0 Å². The van der Waals surface area contributed by atoms with E-state index in [-0.39, 0.29) is 0 Å². The maximum absolute atomic E-state index is 4.55. The van der Waals surface area contributed by atoms with Gasteiger partial charge in [0.1, 0.15) is 0 Å². The van der Waals surface area contributed by atoms with Gasteiger partial charge in [0, 0.05) is 24.5 Å². The van der Waals surface area contributed by atoms with Gasteiger partial charge in [-0.25, -0.2) is 0 Å². The van der Waals surface area contributed by atoms with Gasteiger partial charge >= 0.3 is 0 Å². The van der Waals surface area contributed by atoms with E-state index in [0.29, 0.717) is 5.92 Å². The molecule has 3 heteroatoms. The minimum absolute atomic E-state index is 0.629. The molecule has 0 aromatic carbocycles. The first-order valence-electron chi connectivity index (χ1n) is 5.57. The Kier molecular flexibility index (Phi) is 2.18. The summed E-state index contributed by atoms with van der Waals surface area (Å²) >= 11 is 0. The predicted molar refractivity (Wildman–Crippen MR) is 60.0 cm³/mol. The molecular formula is C12H15N3. The molecule has 0 unspecified atom stereocenters. The van der Waals surface area contributed by atoms with Crippen LogP contribution in [0.25, 0.3) is 5.52 Å². The minimum atomic E-state index is 0.629. The second-order valence-corrected chi connectivity index (χ2v) is 4.14. The smallest absolute Gasteiger partial charge is 0.0675 e. The Balaban J connectivity index is 2.05. The SMILES string of the molecule is c1cc2c(C3CCNCC3)nccn2c1. The highest BCUT2D eigenvalue weighted by Crippen LogP contribution is 2.26. The maximum atomic E-state index is 4.55. The minimum Gasteiger partial charge on any atom is -0.321 e. The predicted octanol–water partition coefficient (Wildman–Crippen LogP) is 1.80. The molecule has 1 aliphatic rings. The molecule has 3 rings (SSSR count). The highest BCUT2D eigenvalue weighted by molar-refractivity contribution is 5.53. The van der Waals surface area contributed by atoms with Gasteiger partial charge in [0.15, 0.2) is 0 Å². The van der Waals surface area contributed by atoms with Crippen molar-refractivity contribution in [1.29, 1.82) is 0 Å². The zero-order chi connectivity index (χ0) is 10.1. The first-order valence-corrected chi connectivity index (χ1v) is 5.57. The van der Waals surface area contributed by atoms with E-state index in [9.17, 15) is 0 Å². The van der Waals surface area contributed by atoms with Crippen LogP contribution in [0.15, 0.2) is 30.7 Å². The summed E-state index contributed by atoms with van der Waals surface area (Å²) in [5.41, 5.74) is 2.54. The largest absolute Gasteiger partial charge is 0.321 e. The molecule has 0 saturated carbocycles. The summed E-state index contributed by atoms with van der Waals surface area (Å²) < 4.78 is 2.16. The Bertz CT molecular complexity index is 455. The van der Waals surface area contributed by atoms with Gasteiger partial charge in [-0.05, 0) is 38.1 Å². The van der Waals surface area contributed by atoms with Crippen LogP contribution in [-0.2, 0) is 0 Å². The lowest BCUT2D eigenvalue weighted by atomic mass is 9.94. The molecule has 78 valence electrons. The monoisotopic (exact) mass is 201 g/mol. The van der Waals surface area contributed by atoms with Gasteiger partial charge in [-0.15, -0.1) is 0 Å². The van der Waals surface area contributed by atoms with Crippen molar-refractivity contribution in [1.82, 2.24) is 14.7 Å². The van der Waals surface area contributed by atoms with Crippen LogP contribution < -0.4 is 5.32 Å². The zero-order valence-corrected chi connectivity index (χ0v) is 8.69. The fourth-order valence-electron chi connectivity index (χ4n) is 2.40. The molecule has 0 aliphatic carbocycles. The van der Waals surface area contributed by atoms with Crippen molar-refractivity contribution < 1.29 is 0 Å². The lowest BCUT2D eigenvalue weighted by Crippen LogP contribution is -2.27. The van der Waals surface area contributed by atoms with Crippen molar-refractivity contribution >= 4 is 5.52 Å². The molecule has 3 heterocycles. The van der Waals surface area contributed by atoms with Crippen molar-refractivity contribution in [2.75, 3.05) is 13.1 Å². The molecule has 1 N–H and O–H groups in total. The first kappa shape index (κ1) is 8.92. The van der Waals surface area contributed by atoms with Crippen molar-refractivity contribution in [2.24, 2.45) is 0 Å². The Hall–Kier alpha value is -1.35. The second kappa shape index (κ2) is 3.66. The highest BCUT2D eigenvalue weighted by atomic mass is 14.9. The molecule has 2 aromatic heterocycles. The van der Waals surface area contributed by atoms with E-state index in [1.165, 1.54) is 24.1 Å². The molecule has 0 atom stereocenters. The third-order valence-corrected chi connectivity index (χ3v) is 3.21. The Morgan fingerprint density at radius 3 is 3.00 bits per heavy atom. The van der Waals surface area contributed by atoms with Gasteiger partial charge in [0.2, 0.25) is 0 Å². The number of hydrogen-bond donors (Lipinski definition) is 1. The highest BCUT2D eigenvalue weighted by Gasteiger charge is 2.18. The third kappa shape index (κ3) is 1.53. The molecule has 2 aromatic rings. The number of rotatable bonds is 1. The van der Waals surface area contributed by atoms with Crippen LogP contribution in [0.3, 0.4) is 0 Å². The molecule has 1 saturated heterocycles. The van der Waals surface area contributed by atoms with Gasteiger partial charge in [0.05, 0.1) is 11.2 Å². The Morgan fingerprint density at radius 2 is 2.13 bits per heavy atom. The average molecular weight is 201 g/mol. The molecule has 0 spiro atoms. The van der Waals surface area contributed by atoms with Crippen LogP contribution in [-0.4, -0.2) is 22.5 Å². The summed E-state index contributed by atoms with van der Waals surface area (Å²) in [7, 11) is 0. The summed E-state index contributed by atoms with van der Waals surface area (Å²) in [6, 6.07) is 4.24. The summed E-state index contributed by atoms with van der Waals surface area (Å²) in [4.78, 5) is 4.55. The standard InChI is InChI=1S/C12H15N3/c1-2-11-12(10-3-5-13-6-4-10)14-7-9-15(11)8-1/h1-2,7-10,13H,3-6H2. The van der Waals surface area contributed by atoms with E-state index in [1.807, 2.05) is 12.4 Å². The van der Waals surface area contributed by atoms with Gasteiger partial charge < -0.3 is 9.72 Å². The van der Waals surface area contributed by atoms with Crippen LogP contribution in [0.4, 0.5) is 0 Å². The quantitative estimate of drug-likeness (QED) is 0.762. The van der Waals surface area contributed by atoms with Crippen molar-refractivity contribution in [3.8, 4) is 0 Å². The second-order valence-electron chi connectivity index (χ2n) is 4.14. The average Bonchev–Trinajstić information content (AvgIpc) is 2.78. The van der Waals surface area contributed by atoms with Crippen LogP contribution in [0.5, 0.6) is 0 Å². The molecule has 3 nitrogen and oxygen atoms in total. The van der Waals surface area contributed by atoms with Gasteiger partial charge in [-0.3, -0.25) is 4.98 Å². The fourth-order valence-corrected chi connectivity index (χ4v) is 2.40. The molecule has 0 bridgehead atoms. The van der Waals surface area contributed by atoms with Gasteiger partial charge in [-0.1, -0.05) is 0 Å². The molecule has 1 aliphatic heterocycles. The lowest BCUT2D eigenvalue weighted by Gasteiger charge is -2.22. The van der Waals surface area contributed by atoms with Gasteiger partial charge in [-0.2, -0.15) is 0 Å². The van der Waals surface area contributed by atoms with Crippen molar-refractivity contribution in [2.45, 2.75) is 18.8 Å². The number of piperidine rings is 1. The van der Waals surface area contributed by atoms with Crippen molar-refractivity contribution in [3.63, 3.8) is 0 Å². The van der Waals surface area contributed by atoms with E-state index in [1.54, 1.807) is 0 Å². The Labute approximate surface area is 89.1 Å². The number of nitrogens with zero attached hydrogens (tertiary/aromatic N) is 2. The summed E-state index contributed by atoms with van der Waals surface area (Å²) in [6.07, 6.45) is 8.42. The number of hydrogen-bond acceptors (Lipinski definition) is 2. The van der Waals surface area contributed by atoms with E-state index < -0.39 is 0 Å². The van der Waals surface area contributed by atoms with Crippen molar-refractivity contribution in [3.05, 3.63) is 36.4 Å². The van der Waals surface area contributed by atoms with E-state index in [4.69, 9.17) is 0 Å². The summed E-state index contributed by atoms with van der Waals surface area (Å²) in [5.74, 6) is 0.629. The Morgan fingerprint density at radius 1 is 1.27 bits per heavy atom. The van der Waals surface area contributed by atoms with Crippen LogP contribution in [0.1, 0.15) is 24.5 Å². The van der Waals surface area contributed by atoms with Crippen LogP contribution >= 0.6 is 0 Å². The fraction of sp³-hybridized carbons (Fsp3) is 0.417. The lowest BCUT2D eigenvalue weighted by molar-refractivity contribution is 0.454. The van der Waals surface area contributed by atoms with E-state index in [2.05, 4.69) is 33.0 Å². The first-order chi connectivity index (χ1) is 7.45. The van der Waals surface area contributed by atoms with Crippen LogP contribution in [0, 0.1) is 0 Å². The molecule has 0 radical (unpaired) electrons.